The molecule has 1 atom stereocenters. The molecule has 20 heavy (non-hydrogen) atoms. The third-order valence-electron chi connectivity index (χ3n) is 3.65. The van der Waals surface area contributed by atoms with Crippen molar-refractivity contribution in [1.82, 2.24) is 4.90 Å². The van der Waals surface area contributed by atoms with Crippen LogP contribution in [0.4, 0.5) is 0 Å². The second kappa shape index (κ2) is 7.57. The fourth-order valence-corrected chi connectivity index (χ4v) is 2.59. The number of nitrogens with two attached hydrogens (primary N) is 1. The molecule has 1 aliphatic rings. The molecule has 1 aromatic rings. The molecule has 1 saturated heterocycles. The summed E-state index contributed by atoms with van der Waals surface area (Å²) in [5.41, 5.74) is 6.41. The minimum Gasteiger partial charge on any atom is -0.494 e. The van der Waals surface area contributed by atoms with E-state index in [4.69, 9.17) is 27.8 Å². The van der Waals surface area contributed by atoms with E-state index in [1.54, 1.807) is 0 Å². The Morgan fingerprint density at radius 1 is 1.40 bits per heavy atom. The van der Waals surface area contributed by atoms with Gasteiger partial charge in [0, 0.05) is 25.3 Å². The van der Waals surface area contributed by atoms with Crippen molar-refractivity contribution in [3.05, 3.63) is 29.8 Å². The van der Waals surface area contributed by atoms with Crippen LogP contribution in [0.3, 0.4) is 0 Å². The van der Waals surface area contributed by atoms with Crippen molar-refractivity contribution in [1.29, 1.82) is 0 Å². The fourth-order valence-electron chi connectivity index (χ4n) is 2.46. The molecule has 1 aromatic carbocycles. The molecule has 1 fully saturated rings. The van der Waals surface area contributed by atoms with Gasteiger partial charge in [0.2, 0.25) is 0 Å². The number of aliphatic hydroxyl groups excluding tert-OH is 1. The van der Waals surface area contributed by atoms with E-state index in [2.05, 4.69) is 4.90 Å². The maximum Gasteiger partial charge on any atom is 0.119 e. The first-order chi connectivity index (χ1) is 9.69. The molecule has 0 aliphatic carbocycles. The number of hydrogen-bond acceptors (Lipinski definition) is 4. The van der Waals surface area contributed by atoms with Gasteiger partial charge in [-0.15, -0.1) is 0 Å². The molecular formula is C15H22N2O2S. The van der Waals surface area contributed by atoms with Gasteiger partial charge in [0.15, 0.2) is 0 Å². The molecule has 0 aromatic heterocycles. The summed E-state index contributed by atoms with van der Waals surface area (Å²) in [6.07, 6.45) is 2.10. The van der Waals surface area contributed by atoms with Crippen LogP contribution in [-0.2, 0) is 0 Å². The van der Waals surface area contributed by atoms with Crippen molar-refractivity contribution in [3.8, 4) is 5.75 Å². The van der Waals surface area contributed by atoms with Gasteiger partial charge in [0.05, 0.1) is 6.61 Å². The van der Waals surface area contributed by atoms with Crippen molar-refractivity contribution in [2.75, 3.05) is 32.8 Å². The Hall–Kier alpha value is -1.17. The van der Waals surface area contributed by atoms with Crippen LogP contribution < -0.4 is 10.5 Å². The molecule has 0 amide bonds. The summed E-state index contributed by atoms with van der Waals surface area (Å²) in [5, 5.41) is 9.10. The molecule has 0 spiro atoms. The van der Waals surface area contributed by atoms with Crippen molar-refractivity contribution in [2.45, 2.75) is 12.8 Å². The van der Waals surface area contributed by atoms with Crippen molar-refractivity contribution >= 4 is 17.2 Å². The van der Waals surface area contributed by atoms with E-state index in [1.807, 2.05) is 24.3 Å². The third-order valence-corrected chi connectivity index (χ3v) is 3.89. The summed E-state index contributed by atoms with van der Waals surface area (Å²) in [5.74, 6) is 1.31. The fraction of sp³-hybridized carbons (Fsp3) is 0.533. The minimum atomic E-state index is 0.308. The van der Waals surface area contributed by atoms with Crippen LogP contribution in [0, 0.1) is 5.92 Å². The Labute approximate surface area is 125 Å². The van der Waals surface area contributed by atoms with Gasteiger partial charge >= 0.3 is 0 Å². The molecule has 0 saturated carbocycles. The van der Waals surface area contributed by atoms with Crippen LogP contribution in [0.25, 0.3) is 0 Å². The SMILES string of the molecule is NC(=S)c1ccc(OCCCN2CCC(CO)C2)cc1. The number of benzene rings is 1. The van der Waals surface area contributed by atoms with Crippen LogP contribution in [0.1, 0.15) is 18.4 Å². The zero-order chi connectivity index (χ0) is 14.4. The largest absolute Gasteiger partial charge is 0.494 e. The minimum absolute atomic E-state index is 0.308. The molecular weight excluding hydrogens is 272 g/mol. The van der Waals surface area contributed by atoms with E-state index in [0.717, 1.165) is 43.8 Å². The molecule has 110 valence electrons. The van der Waals surface area contributed by atoms with Gasteiger partial charge < -0.3 is 20.5 Å². The van der Waals surface area contributed by atoms with E-state index in [1.165, 1.54) is 0 Å². The van der Waals surface area contributed by atoms with E-state index >= 15 is 0 Å². The van der Waals surface area contributed by atoms with Crippen molar-refractivity contribution in [2.24, 2.45) is 11.7 Å². The highest BCUT2D eigenvalue weighted by Gasteiger charge is 2.20. The van der Waals surface area contributed by atoms with E-state index in [0.29, 0.717) is 24.1 Å². The number of aliphatic hydroxyl groups is 1. The molecule has 4 nitrogen and oxygen atoms in total. The zero-order valence-electron chi connectivity index (χ0n) is 11.6. The smallest absolute Gasteiger partial charge is 0.119 e. The standard InChI is InChI=1S/C15H22N2O2S/c16-15(20)13-2-4-14(5-3-13)19-9-1-7-17-8-6-12(10-17)11-18/h2-5,12,18H,1,6-11H2,(H2,16,20). The zero-order valence-corrected chi connectivity index (χ0v) is 12.4. The topological polar surface area (TPSA) is 58.7 Å². The Kier molecular flexibility index (Phi) is 5.76. The van der Waals surface area contributed by atoms with Crippen molar-refractivity contribution < 1.29 is 9.84 Å². The second-order valence-corrected chi connectivity index (χ2v) is 5.67. The first-order valence-corrected chi connectivity index (χ1v) is 7.45. The molecule has 5 heteroatoms. The summed E-state index contributed by atoms with van der Waals surface area (Å²) in [4.78, 5) is 2.80. The average molecular weight is 294 g/mol. The molecule has 1 unspecified atom stereocenters. The number of thiocarbonyl (C=S) groups is 1. The van der Waals surface area contributed by atoms with E-state index in [-0.39, 0.29) is 0 Å². The summed E-state index contributed by atoms with van der Waals surface area (Å²) < 4.78 is 5.69. The number of hydrogen-bond donors (Lipinski definition) is 2. The summed E-state index contributed by atoms with van der Waals surface area (Å²) in [6.45, 7) is 4.14. The summed E-state index contributed by atoms with van der Waals surface area (Å²) >= 11 is 4.91. The van der Waals surface area contributed by atoms with Gasteiger partial charge in [-0.25, -0.2) is 0 Å². The number of ether oxygens (including phenoxy) is 1. The lowest BCUT2D eigenvalue weighted by Crippen LogP contribution is -2.24. The average Bonchev–Trinajstić information content (AvgIpc) is 2.92. The van der Waals surface area contributed by atoms with Gasteiger partial charge in [-0.05, 0) is 49.6 Å². The van der Waals surface area contributed by atoms with Gasteiger partial charge in [-0.3, -0.25) is 0 Å². The lowest BCUT2D eigenvalue weighted by molar-refractivity contribution is 0.215. The van der Waals surface area contributed by atoms with E-state index in [9.17, 15) is 0 Å². The molecule has 0 bridgehead atoms. The van der Waals surface area contributed by atoms with Crippen LogP contribution in [0.2, 0.25) is 0 Å². The second-order valence-electron chi connectivity index (χ2n) is 5.23. The van der Waals surface area contributed by atoms with Gasteiger partial charge in [-0.1, -0.05) is 12.2 Å². The highest BCUT2D eigenvalue weighted by molar-refractivity contribution is 7.80. The maximum absolute atomic E-state index is 9.10. The molecule has 1 aliphatic heterocycles. The number of nitrogens with zero attached hydrogens (tertiary/aromatic N) is 1. The molecule has 3 N–H and O–H groups in total. The van der Waals surface area contributed by atoms with Gasteiger partial charge in [0.1, 0.15) is 10.7 Å². The van der Waals surface area contributed by atoms with Crippen LogP contribution in [0.5, 0.6) is 5.75 Å². The lowest BCUT2D eigenvalue weighted by Gasteiger charge is -2.15. The van der Waals surface area contributed by atoms with Crippen LogP contribution in [-0.4, -0.2) is 47.8 Å². The van der Waals surface area contributed by atoms with Crippen molar-refractivity contribution in [3.63, 3.8) is 0 Å². The Balaban J connectivity index is 1.65. The maximum atomic E-state index is 9.10. The first kappa shape index (κ1) is 15.2. The monoisotopic (exact) mass is 294 g/mol. The lowest BCUT2D eigenvalue weighted by atomic mass is 10.1. The Morgan fingerprint density at radius 2 is 2.15 bits per heavy atom. The molecule has 0 radical (unpaired) electrons. The van der Waals surface area contributed by atoms with Crippen LogP contribution in [0.15, 0.2) is 24.3 Å². The predicted molar refractivity (Wildman–Crippen MR) is 84.1 cm³/mol. The van der Waals surface area contributed by atoms with Gasteiger partial charge in [-0.2, -0.15) is 0 Å². The quantitative estimate of drug-likeness (QED) is 0.588. The summed E-state index contributed by atoms with van der Waals surface area (Å²) in [6, 6.07) is 7.55. The first-order valence-electron chi connectivity index (χ1n) is 7.05. The third kappa shape index (κ3) is 4.44. The number of rotatable bonds is 7. The normalized spacial score (nSPS) is 19.1. The van der Waals surface area contributed by atoms with E-state index < -0.39 is 0 Å². The highest BCUT2D eigenvalue weighted by Crippen LogP contribution is 2.16. The van der Waals surface area contributed by atoms with Gasteiger partial charge in [0.25, 0.3) is 0 Å². The Bertz CT molecular complexity index is 436. The van der Waals surface area contributed by atoms with Crippen LogP contribution >= 0.6 is 12.2 Å². The summed E-state index contributed by atoms with van der Waals surface area (Å²) in [7, 11) is 0. The molecule has 2 rings (SSSR count). The number of likely N-dealkylation sites (tertiary alicyclic amines) is 1. The predicted octanol–water partition coefficient (Wildman–Crippen LogP) is 1.40. The molecule has 1 heterocycles. The Morgan fingerprint density at radius 3 is 2.75 bits per heavy atom. The highest BCUT2D eigenvalue weighted by atomic mass is 32.1.